The summed E-state index contributed by atoms with van der Waals surface area (Å²) in [6.07, 6.45) is 4.84. The van der Waals surface area contributed by atoms with Gasteiger partial charge in [-0.15, -0.1) is 0 Å². The molecule has 0 amide bonds. The topological polar surface area (TPSA) is 12.4 Å². The highest BCUT2D eigenvalue weighted by atomic mass is 19.1. The summed E-state index contributed by atoms with van der Waals surface area (Å²) in [5, 5.41) is 0. The number of halogens is 2. The Kier molecular flexibility index (Phi) is 5.92. The van der Waals surface area contributed by atoms with Gasteiger partial charge in [-0.3, -0.25) is 4.99 Å². The Morgan fingerprint density at radius 1 is 0.815 bits per heavy atom. The summed E-state index contributed by atoms with van der Waals surface area (Å²) in [5.41, 5.74) is 4.43. The molecule has 0 aliphatic rings. The van der Waals surface area contributed by atoms with Gasteiger partial charge in [0.05, 0.1) is 0 Å². The largest absolute Gasteiger partial charge is 0.251 e. The molecule has 0 heterocycles. The molecule has 3 rings (SSSR count). The quantitative estimate of drug-likeness (QED) is 0.414. The molecule has 0 aliphatic carbocycles. The van der Waals surface area contributed by atoms with Gasteiger partial charge in [-0.1, -0.05) is 74.5 Å². The Hall–Kier alpha value is -3.07. The van der Waals surface area contributed by atoms with E-state index in [0.29, 0.717) is 5.56 Å². The van der Waals surface area contributed by atoms with Crippen LogP contribution in [0.1, 0.15) is 18.9 Å². The summed E-state index contributed by atoms with van der Waals surface area (Å²) < 4.78 is 28.4. The van der Waals surface area contributed by atoms with E-state index in [0.717, 1.165) is 29.5 Å². The smallest absolute Gasteiger partial charge is 0.152 e. The van der Waals surface area contributed by atoms with Crippen molar-refractivity contribution in [1.82, 2.24) is 0 Å². The lowest BCUT2D eigenvalue weighted by Crippen LogP contribution is -1.88. The van der Waals surface area contributed by atoms with Gasteiger partial charge < -0.3 is 0 Å². The minimum Gasteiger partial charge on any atom is -0.251 e. The van der Waals surface area contributed by atoms with E-state index in [4.69, 9.17) is 0 Å². The van der Waals surface area contributed by atoms with Crippen LogP contribution in [0.4, 0.5) is 14.5 Å². The van der Waals surface area contributed by atoms with E-state index in [1.54, 1.807) is 0 Å². The third kappa shape index (κ3) is 4.37. The Balaban J connectivity index is 1.87. The van der Waals surface area contributed by atoms with Crippen LogP contribution in [0.5, 0.6) is 0 Å². The second-order valence-electron chi connectivity index (χ2n) is 6.33. The van der Waals surface area contributed by atoms with E-state index < -0.39 is 11.6 Å². The van der Waals surface area contributed by atoms with Crippen molar-refractivity contribution in [3.8, 4) is 22.3 Å². The number of hydrogen-bond acceptors (Lipinski definition) is 1. The highest BCUT2D eigenvalue weighted by Gasteiger charge is 2.11. The first-order chi connectivity index (χ1) is 13.1. The fourth-order valence-electron chi connectivity index (χ4n) is 2.99. The summed E-state index contributed by atoms with van der Waals surface area (Å²) in [6.45, 7) is 5.62. The van der Waals surface area contributed by atoms with Crippen molar-refractivity contribution >= 4 is 11.9 Å². The maximum atomic E-state index is 14.2. The maximum Gasteiger partial charge on any atom is 0.152 e. The molecule has 0 bridgehead atoms. The van der Waals surface area contributed by atoms with Gasteiger partial charge in [-0.05, 0) is 46.4 Å². The number of rotatable bonds is 6. The standard InChI is InChI=1S/C24H21F2N/c1-3-5-17-6-8-18(9-7-17)19-10-12-20(13-11-19)21-15-22(25)24(23(26)16-21)27-14-4-2/h4,6-16H,2-3,5H2,1H3. The van der Waals surface area contributed by atoms with Crippen molar-refractivity contribution in [3.63, 3.8) is 0 Å². The van der Waals surface area contributed by atoms with Crippen LogP contribution >= 0.6 is 0 Å². The van der Waals surface area contributed by atoms with Crippen molar-refractivity contribution in [2.75, 3.05) is 0 Å². The summed E-state index contributed by atoms with van der Waals surface area (Å²) in [6, 6.07) is 18.7. The first-order valence-electron chi connectivity index (χ1n) is 8.96. The van der Waals surface area contributed by atoms with Crippen molar-refractivity contribution in [3.05, 3.63) is 90.5 Å². The molecule has 0 aromatic heterocycles. The minimum atomic E-state index is -0.696. The number of hydrogen-bond donors (Lipinski definition) is 0. The molecule has 0 atom stereocenters. The van der Waals surface area contributed by atoms with E-state index >= 15 is 0 Å². The van der Waals surface area contributed by atoms with Crippen LogP contribution in [0.25, 0.3) is 22.3 Å². The molecule has 3 heteroatoms. The Morgan fingerprint density at radius 3 is 1.78 bits per heavy atom. The molecule has 0 radical (unpaired) electrons. The SMILES string of the molecule is C=CC=Nc1c(F)cc(-c2ccc(-c3ccc(CCC)cc3)cc2)cc1F. The van der Waals surface area contributed by atoms with Gasteiger partial charge in [-0.2, -0.15) is 0 Å². The predicted molar refractivity (Wildman–Crippen MR) is 110 cm³/mol. The van der Waals surface area contributed by atoms with Gasteiger partial charge in [0.25, 0.3) is 0 Å². The van der Waals surface area contributed by atoms with Crippen LogP contribution < -0.4 is 0 Å². The lowest BCUT2D eigenvalue weighted by atomic mass is 9.98. The normalized spacial score (nSPS) is 11.1. The minimum absolute atomic E-state index is 0.303. The second-order valence-corrected chi connectivity index (χ2v) is 6.33. The average Bonchev–Trinajstić information content (AvgIpc) is 2.68. The molecule has 0 unspecified atom stereocenters. The lowest BCUT2D eigenvalue weighted by molar-refractivity contribution is 0.588. The Morgan fingerprint density at radius 2 is 1.30 bits per heavy atom. The molecule has 0 saturated heterocycles. The molecule has 3 aromatic carbocycles. The summed E-state index contributed by atoms with van der Waals surface area (Å²) in [5.74, 6) is -1.39. The number of allylic oxidation sites excluding steroid dienone is 1. The third-order valence-electron chi connectivity index (χ3n) is 4.37. The highest BCUT2D eigenvalue weighted by molar-refractivity contribution is 5.75. The van der Waals surface area contributed by atoms with Crippen LogP contribution in [-0.4, -0.2) is 6.21 Å². The highest BCUT2D eigenvalue weighted by Crippen LogP contribution is 2.30. The molecular weight excluding hydrogens is 340 g/mol. The zero-order chi connectivity index (χ0) is 19.2. The molecule has 0 spiro atoms. The van der Waals surface area contributed by atoms with Crippen LogP contribution in [0.3, 0.4) is 0 Å². The molecule has 3 aromatic rings. The van der Waals surface area contributed by atoms with Crippen molar-refractivity contribution < 1.29 is 8.78 Å². The third-order valence-corrected chi connectivity index (χ3v) is 4.37. The summed E-state index contributed by atoms with van der Waals surface area (Å²) in [7, 11) is 0. The molecular formula is C24H21F2N. The average molecular weight is 361 g/mol. The summed E-state index contributed by atoms with van der Waals surface area (Å²) in [4.78, 5) is 3.74. The van der Waals surface area contributed by atoms with Gasteiger partial charge in [0.15, 0.2) is 11.6 Å². The lowest BCUT2D eigenvalue weighted by Gasteiger charge is -2.08. The Bertz CT molecular complexity index is 932. The fraction of sp³-hybridized carbons (Fsp3) is 0.125. The molecule has 136 valence electrons. The number of aryl methyl sites for hydroxylation is 1. The predicted octanol–water partition coefficient (Wildman–Crippen LogP) is 7.14. The molecule has 0 saturated carbocycles. The number of benzene rings is 3. The second kappa shape index (κ2) is 8.54. The van der Waals surface area contributed by atoms with Crippen molar-refractivity contribution in [2.24, 2.45) is 4.99 Å². The fourth-order valence-corrected chi connectivity index (χ4v) is 2.99. The van der Waals surface area contributed by atoms with Crippen molar-refractivity contribution in [1.29, 1.82) is 0 Å². The molecule has 0 aliphatic heterocycles. The molecule has 27 heavy (non-hydrogen) atoms. The van der Waals surface area contributed by atoms with Gasteiger partial charge in [0.2, 0.25) is 0 Å². The molecule has 0 N–H and O–H groups in total. The first kappa shape index (κ1) is 18.7. The van der Waals surface area contributed by atoms with Crippen LogP contribution in [0.2, 0.25) is 0 Å². The maximum absolute atomic E-state index is 14.2. The van der Waals surface area contributed by atoms with Crippen LogP contribution in [0, 0.1) is 11.6 Å². The monoisotopic (exact) mass is 361 g/mol. The molecule has 1 nitrogen and oxygen atoms in total. The van der Waals surface area contributed by atoms with Gasteiger partial charge >= 0.3 is 0 Å². The van der Waals surface area contributed by atoms with E-state index in [-0.39, 0.29) is 5.69 Å². The van der Waals surface area contributed by atoms with Gasteiger partial charge in [-0.25, -0.2) is 8.78 Å². The Labute approximate surface area is 158 Å². The molecule has 0 fully saturated rings. The van der Waals surface area contributed by atoms with Crippen LogP contribution in [0.15, 0.2) is 78.3 Å². The van der Waals surface area contributed by atoms with Gasteiger partial charge in [0.1, 0.15) is 5.69 Å². The number of nitrogens with zero attached hydrogens (tertiary/aromatic N) is 1. The number of aliphatic imine (C=N–C) groups is 1. The van der Waals surface area contributed by atoms with Crippen molar-refractivity contribution in [2.45, 2.75) is 19.8 Å². The summed E-state index contributed by atoms with van der Waals surface area (Å²) >= 11 is 0. The first-order valence-corrected chi connectivity index (χ1v) is 8.96. The van der Waals surface area contributed by atoms with E-state index in [9.17, 15) is 8.78 Å². The van der Waals surface area contributed by atoms with E-state index in [1.165, 1.54) is 30.0 Å². The van der Waals surface area contributed by atoms with E-state index in [2.05, 4.69) is 42.8 Å². The van der Waals surface area contributed by atoms with Crippen LogP contribution in [-0.2, 0) is 6.42 Å². The zero-order valence-electron chi connectivity index (χ0n) is 15.3. The van der Waals surface area contributed by atoms with Gasteiger partial charge in [0, 0.05) is 6.21 Å². The zero-order valence-corrected chi connectivity index (χ0v) is 15.3. The van der Waals surface area contributed by atoms with E-state index in [1.807, 2.05) is 24.3 Å².